The summed E-state index contributed by atoms with van der Waals surface area (Å²) in [6.45, 7) is 0. The third-order valence-electron chi connectivity index (χ3n) is 2.41. The van der Waals surface area contributed by atoms with Gasteiger partial charge in [0, 0.05) is 5.56 Å². The molecule has 0 atom stereocenters. The van der Waals surface area contributed by atoms with Gasteiger partial charge in [-0.1, -0.05) is 0 Å². The number of hydrogen-bond donors (Lipinski definition) is 3. The molecule has 3 N–H and O–H groups in total. The van der Waals surface area contributed by atoms with Crippen LogP contribution in [0.5, 0.6) is 5.75 Å². The average Bonchev–Trinajstić information content (AvgIpc) is 2.95. The Labute approximate surface area is 117 Å². The predicted molar refractivity (Wildman–Crippen MR) is 68.4 cm³/mol. The molecule has 1 aromatic carbocycles. The number of hydrazine groups is 1. The molecule has 0 spiro atoms. The number of nitro groups is 1. The van der Waals surface area contributed by atoms with E-state index in [0.29, 0.717) is 0 Å². The Morgan fingerprint density at radius 2 is 1.67 bits per heavy atom. The van der Waals surface area contributed by atoms with Crippen molar-refractivity contribution < 1.29 is 24.0 Å². The van der Waals surface area contributed by atoms with Crippen molar-refractivity contribution in [1.29, 1.82) is 0 Å². The van der Waals surface area contributed by atoms with E-state index in [2.05, 4.69) is 9.84 Å². The van der Waals surface area contributed by atoms with Gasteiger partial charge in [0.05, 0.1) is 6.07 Å². The van der Waals surface area contributed by atoms with Crippen LogP contribution in [0, 0.1) is 10.1 Å². The van der Waals surface area contributed by atoms with Crippen molar-refractivity contribution in [2.45, 2.75) is 0 Å². The molecule has 0 radical (unpaired) electrons. The summed E-state index contributed by atoms with van der Waals surface area (Å²) in [6, 6.07) is 7.47. The second kappa shape index (κ2) is 5.74. The largest absolute Gasteiger partial charge is 0.508 e. The molecule has 0 saturated heterocycles. The fraction of sp³-hybridized carbons (Fsp3) is 0. The Hall–Kier alpha value is -3.36. The van der Waals surface area contributed by atoms with Crippen molar-refractivity contribution in [2.24, 2.45) is 0 Å². The summed E-state index contributed by atoms with van der Waals surface area (Å²) in [6.07, 6.45) is 0. The van der Waals surface area contributed by atoms with Crippen molar-refractivity contribution in [2.75, 3.05) is 0 Å². The highest BCUT2D eigenvalue weighted by Crippen LogP contribution is 2.15. The molecule has 21 heavy (non-hydrogen) atoms. The maximum Gasteiger partial charge on any atom is 0.433 e. The molecule has 0 aliphatic heterocycles. The topological polar surface area (TPSA) is 135 Å². The number of hydrogen-bond acceptors (Lipinski definition) is 6. The van der Waals surface area contributed by atoms with Gasteiger partial charge in [-0.2, -0.15) is 0 Å². The SMILES string of the molecule is O=C(NNC(=O)c1ccc([N+](=O)[O-])o1)c1ccc(O)cc1. The molecule has 1 aromatic heterocycles. The molecule has 108 valence electrons. The van der Waals surface area contributed by atoms with Crippen LogP contribution in [-0.2, 0) is 0 Å². The lowest BCUT2D eigenvalue weighted by molar-refractivity contribution is -0.402. The first-order valence-corrected chi connectivity index (χ1v) is 5.61. The standard InChI is InChI=1S/C12H9N3O6/c16-8-3-1-7(2-4-8)11(17)13-14-12(18)9-5-6-10(21-9)15(19)20/h1-6,16H,(H,13,17)(H,14,18). The van der Waals surface area contributed by atoms with Crippen molar-refractivity contribution in [3.05, 3.63) is 57.8 Å². The molecule has 0 saturated carbocycles. The van der Waals surface area contributed by atoms with Crippen LogP contribution < -0.4 is 10.9 Å². The van der Waals surface area contributed by atoms with E-state index in [4.69, 9.17) is 5.11 Å². The number of nitrogens with zero attached hydrogens (tertiary/aromatic N) is 1. The number of rotatable bonds is 3. The number of phenolic OH excluding ortho intramolecular Hbond substituents is 1. The van der Waals surface area contributed by atoms with Gasteiger partial charge in [0.25, 0.3) is 5.91 Å². The molecule has 9 heteroatoms. The Bertz CT molecular complexity index is 691. The number of benzene rings is 1. The molecule has 1 heterocycles. The van der Waals surface area contributed by atoms with Crippen LogP contribution >= 0.6 is 0 Å². The second-order valence-electron chi connectivity index (χ2n) is 3.85. The summed E-state index contributed by atoms with van der Waals surface area (Å²) in [4.78, 5) is 32.9. The van der Waals surface area contributed by atoms with E-state index in [1.807, 2.05) is 5.43 Å². The van der Waals surface area contributed by atoms with Crippen LogP contribution in [0.15, 0.2) is 40.8 Å². The molecular formula is C12H9N3O6. The number of nitrogens with one attached hydrogen (secondary N) is 2. The third-order valence-corrected chi connectivity index (χ3v) is 2.41. The zero-order valence-electron chi connectivity index (χ0n) is 10.4. The van der Waals surface area contributed by atoms with Gasteiger partial charge in [0.2, 0.25) is 5.76 Å². The van der Waals surface area contributed by atoms with Crippen LogP contribution in [0.2, 0.25) is 0 Å². The highest BCUT2D eigenvalue weighted by Gasteiger charge is 2.17. The maximum atomic E-state index is 11.7. The Morgan fingerprint density at radius 1 is 1.05 bits per heavy atom. The fourth-order valence-corrected chi connectivity index (χ4v) is 1.41. The highest BCUT2D eigenvalue weighted by molar-refractivity contribution is 5.98. The molecule has 0 aliphatic carbocycles. The zero-order chi connectivity index (χ0) is 15.4. The van der Waals surface area contributed by atoms with Gasteiger partial charge in [-0.3, -0.25) is 30.6 Å². The quantitative estimate of drug-likeness (QED) is 0.569. The van der Waals surface area contributed by atoms with Crippen molar-refractivity contribution in [3.63, 3.8) is 0 Å². The van der Waals surface area contributed by atoms with Gasteiger partial charge >= 0.3 is 11.8 Å². The lowest BCUT2D eigenvalue weighted by atomic mass is 10.2. The third kappa shape index (κ3) is 3.35. The molecule has 0 bridgehead atoms. The van der Waals surface area contributed by atoms with Crippen LogP contribution in [0.4, 0.5) is 5.88 Å². The van der Waals surface area contributed by atoms with Gasteiger partial charge < -0.3 is 9.52 Å². The van der Waals surface area contributed by atoms with E-state index in [1.165, 1.54) is 24.3 Å². The van der Waals surface area contributed by atoms with Gasteiger partial charge in [0.15, 0.2) is 0 Å². The zero-order valence-corrected chi connectivity index (χ0v) is 10.4. The monoisotopic (exact) mass is 291 g/mol. The Morgan fingerprint density at radius 3 is 2.24 bits per heavy atom. The number of carbonyl (C=O) groups is 2. The van der Waals surface area contributed by atoms with Crippen molar-refractivity contribution in [1.82, 2.24) is 10.9 Å². The molecule has 9 nitrogen and oxygen atoms in total. The Balaban J connectivity index is 1.95. The number of furan rings is 1. The molecule has 0 unspecified atom stereocenters. The van der Waals surface area contributed by atoms with Gasteiger partial charge in [-0.05, 0) is 30.3 Å². The van der Waals surface area contributed by atoms with Crippen LogP contribution in [0.3, 0.4) is 0 Å². The average molecular weight is 291 g/mol. The lowest BCUT2D eigenvalue weighted by Crippen LogP contribution is -2.41. The van der Waals surface area contributed by atoms with E-state index in [0.717, 1.165) is 12.1 Å². The fourth-order valence-electron chi connectivity index (χ4n) is 1.41. The number of carbonyl (C=O) groups excluding carboxylic acids is 2. The minimum Gasteiger partial charge on any atom is -0.508 e. The molecule has 2 rings (SSSR count). The summed E-state index contributed by atoms with van der Waals surface area (Å²) in [5.41, 5.74) is 4.36. The minimum absolute atomic E-state index is 0.00141. The van der Waals surface area contributed by atoms with Gasteiger partial charge in [-0.25, -0.2) is 0 Å². The van der Waals surface area contributed by atoms with Crippen LogP contribution in [0.1, 0.15) is 20.9 Å². The normalized spacial score (nSPS) is 9.90. The van der Waals surface area contributed by atoms with E-state index >= 15 is 0 Å². The van der Waals surface area contributed by atoms with Gasteiger partial charge in [0.1, 0.15) is 10.7 Å². The van der Waals surface area contributed by atoms with E-state index in [1.54, 1.807) is 0 Å². The molecule has 0 aliphatic rings. The molecule has 2 aromatic rings. The number of aromatic hydroxyl groups is 1. The molecule has 0 fully saturated rings. The predicted octanol–water partition coefficient (Wildman–Crippen LogP) is 0.968. The van der Waals surface area contributed by atoms with Crippen LogP contribution in [-0.4, -0.2) is 21.8 Å². The smallest absolute Gasteiger partial charge is 0.433 e. The van der Waals surface area contributed by atoms with Crippen LogP contribution in [0.25, 0.3) is 0 Å². The second-order valence-corrected chi connectivity index (χ2v) is 3.85. The van der Waals surface area contributed by atoms with Crippen molar-refractivity contribution in [3.8, 4) is 5.75 Å². The lowest BCUT2D eigenvalue weighted by Gasteiger charge is -2.05. The maximum absolute atomic E-state index is 11.7. The minimum atomic E-state index is -0.838. The number of amides is 2. The van der Waals surface area contributed by atoms with Gasteiger partial charge in [-0.15, -0.1) is 0 Å². The summed E-state index contributed by atoms with van der Waals surface area (Å²) < 4.78 is 4.67. The van der Waals surface area contributed by atoms with E-state index in [9.17, 15) is 19.7 Å². The van der Waals surface area contributed by atoms with Crippen molar-refractivity contribution >= 4 is 17.7 Å². The summed E-state index contributed by atoms with van der Waals surface area (Å²) in [5.74, 6) is -2.35. The summed E-state index contributed by atoms with van der Waals surface area (Å²) in [5, 5.41) is 19.5. The van der Waals surface area contributed by atoms with E-state index in [-0.39, 0.29) is 17.1 Å². The molecule has 2 amide bonds. The first-order chi connectivity index (χ1) is 9.97. The Kier molecular flexibility index (Phi) is 3.84. The first kappa shape index (κ1) is 14.1. The summed E-state index contributed by atoms with van der Waals surface area (Å²) >= 11 is 0. The number of phenols is 1. The molecular weight excluding hydrogens is 282 g/mol. The van der Waals surface area contributed by atoms with E-state index < -0.39 is 22.6 Å². The highest BCUT2D eigenvalue weighted by atomic mass is 16.6. The summed E-state index contributed by atoms with van der Waals surface area (Å²) in [7, 11) is 0. The first-order valence-electron chi connectivity index (χ1n) is 5.61.